The SMILES string of the molecule is CCCCCCCCCCC/C=C\C/C=C\CCCCCCCCCCCCCCCCC(O)C(=O)NC(CO)C(O)C(O)CCCCCCCCCCCCCCCCCCCCCCCCCCCCCC. The average molecular weight is 1040 g/mol. The van der Waals surface area contributed by atoms with Gasteiger partial charge in [0.2, 0.25) is 5.91 Å². The highest BCUT2D eigenvalue weighted by Crippen LogP contribution is 2.19. The summed E-state index contributed by atoms with van der Waals surface area (Å²) in [6.07, 6.45) is 78.6. The molecule has 0 rings (SSSR count). The van der Waals surface area contributed by atoms with Gasteiger partial charge in [0.1, 0.15) is 12.2 Å². The van der Waals surface area contributed by atoms with E-state index in [-0.39, 0.29) is 0 Å². The zero-order valence-electron chi connectivity index (χ0n) is 50.1. The van der Waals surface area contributed by atoms with Gasteiger partial charge in [0, 0.05) is 0 Å². The van der Waals surface area contributed by atoms with E-state index in [9.17, 15) is 25.2 Å². The van der Waals surface area contributed by atoms with Gasteiger partial charge in [-0.1, -0.05) is 353 Å². The number of allylic oxidation sites excluding steroid dienone is 4. The Kier molecular flexibility index (Phi) is 61.6. The third-order valence-electron chi connectivity index (χ3n) is 16.2. The lowest BCUT2D eigenvalue weighted by atomic mass is 9.99. The van der Waals surface area contributed by atoms with Crippen molar-refractivity contribution in [3.8, 4) is 0 Å². The molecule has 1 amide bonds. The zero-order chi connectivity index (χ0) is 53.7. The quantitative estimate of drug-likeness (QED) is 0.0308. The Balaban J connectivity index is 3.55. The van der Waals surface area contributed by atoms with E-state index in [4.69, 9.17) is 0 Å². The fraction of sp³-hybridized carbons (Fsp3) is 0.926. The number of aliphatic hydroxyl groups excluding tert-OH is 4. The predicted molar refractivity (Wildman–Crippen MR) is 325 cm³/mol. The van der Waals surface area contributed by atoms with Crippen LogP contribution in [0.2, 0.25) is 0 Å². The van der Waals surface area contributed by atoms with Crippen LogP contribution in [0.1, 0.15) is 373 Å². The molecular formula is C68H133NO5. The first-order valence-corrected chi connectivity index (χ1v) is 33.7. The highest BCUT2D eigenvalue weighted by Gasteiger charge is 2.28. The Bertz CT molecular complexity index is 1130. The number of hydrogen-bond donors (Lipinski definition) is 5. The minimum Gasteiger partial charge on any atom is -0.394 e. The summed E-state index contributed by atoms with van der Waals surface area (Å²) in [7, 11) is 0. The molecule has 0 saturated heterocycles. The topological polar surface area (TPSA) is 110 Å². The van der Waals surface area contributed by atoms with E-state index in [1.54, 1.807) is 0 Å². The first kappa shape index (κ1) is 72.8. The van der Waals surface area contributed by atoms with E-state index < -0.39 is 36.9 Å². The van der Waals surface area contributed by atoms with Crippen LogP contribution in [-0.4, -0.2) is 57.3 Å². The monoisotopic (exact) mass is 1040 g/mol. The van der Waals surface area contributed by atoms with Crippen LogP contribution < -0.4 is 5.32 Å². The van der Waals surface area contributed by atoms with Crippen LogP contribution in [0, 0.1) is 0 Å². The van der Waals surface area contributed by atoms with E-state index in [1.807, 2.05) is 0 Å². The highest BCUT2D eigenvalue weighted by atomic mass is 16.3. The maximum absolute atomic E-state index is 12.7. The van der Waals surface area contributed by atoms with Gasteiger partial charge in [-0.05, 0) is 44.9 Å². The number of nitrogens with one attached hydrogen (secondary N) is 1. The molecule has 0 bridgehead atoms. The number of carbonyl (C=O) groups excluding carboxylic acids is 1. The molecule has 0 saturated carbocycles. The highest BCUT2D eigenvalue weighted by molar-refractivity contribution is 5.80. The van der Waals surface area contributed by atoms with Gasteiger partial charge in [-0.2, -0.15) is 0 Å². The van der Waals surface area contributed by atoms with Gasteiger partial charge in [0.05, 0.1) is 18.8 Å². The van der Waals surface area contributed by atoms with E-state index in [0.717, 1.165) is 44.9 Å². The zero-order valence-corrected chi connectivity index (χ0v) is 50.1. The Morgan fingerprint density at radius 1 is 0.338 bits per heavy atom. The van der Waals surface area contributed by atoms with Crippen molar-refractivity contribution in [1.82, 2.24) is 5.32 Å². The van der Waals surface area contributed by atoms with Crippen molar-refractivity contribution in [2.45, 2.75) is 398 Å². The molecule has 0 fully saturated rings. The second-order valence-corrected chi connectivity index (χ2v) is 23.5. The van der Waals surface area contributed by atoms with E-state index in [0.29, 0.717) is 12.8 Å². The molecule has 4 unspecified atom stereocenters. The van der Waals surface area contributed by atoms with E-state index >= 15 is 0 Å². The summed E-state index contributed by atoms with van der Waals surface area (Å²) >= 11 is 0. The van der Waals surface area contributed by atoms with Gasteiger partial charge in [0.25, 0.3) is 0 Å². The molecule has 0 spiro atoms. The fourth-order valence-electron chi connectivity index (χ4n) is 10.9. The molecule has 0 aromatic carbocycles. The van der Waals surface area contributed by atoms with Crippen LogP contribution in [-0.2, 0) is 4.79 Å². The normalized spacial score (nSPS) is 13.6. The molecule has 0 aromatic heterocycles. The first-order chi connectivity index (χ1) is 36.5. The lowest BCUT2D eigenvalue weighted by Gasteiger charge is -2.27. The van der Waals surface area contributed by atoms with Crippen molar-refractivity contribution in [3.05, 3.63) is 24.3 Å². The number of carbonyl (C=O) groups is 1. The van der Waals surface area contributed by atoms with Gasteiger partial charge in [0.15, 0.2) is 0 Å². The Morgan fingerprint density at radius 3 is 0.851 bits per heavy atom. The number of rotatable bonds is 63. The molecule has 0 aliphatic heterocycles. The van der Waals surface area contributed by atoms with Crippen LogP contribution in [0.4, 0.5) is 0 Å². The first-order valence-electron chi connectivity index (χ1n) is 33.7. The van der Waals surface area contributed by atoms with Gasteiger partial charge in [-0.15, -0.1) is 0 Å². The molecule has 6 nitrogen and oxygen atoms in total. The maximum Gasteiger partial charge on any atom is 0.249 e. The summed E-state index contributed by atoms with van der Waals surface area (Å²) in [4.78, 5) is 12.7. The van der Waals surface area contributed by atoms with Gasteiger partial charge < -0.3 is 25.7 Å². The van der Waals surface area contributed by atoms with Crippen molar-refractivity contribution in [2.24, 2.45) is 0 Å². The Labute approximate surface area is 463 Å². The maximum atomic E-state index is 12.7. The smallest absolute Gasteiger partial charge is 0.249 e. The molecule has 0 aliphatic carbocycles. The summed E-state index contributed by atoms with van der Waals surface area (Å²) in [5.41, 5.74) is 0. The molecule has 74 heavy (non-hydrogen) atoms. The number of hydrogen-bond acceptors (Lipinski definition) is 5. The Hall–Kier alpha value is -1.21. The summed E-state index contributed by atoms with van der Waals surface area (Å²) in [5, 5.41) is 44.2. The Morgan fingerprint density at radius 2 is 0.581 bits per heavy atom. The van der Waals surface area contributed by atoms with Gasteiger partial charge in [-0.25, -0.2) is 0 Å². The van der Waals surface area contributed by atoms with Crippen LogP contribution in [0.25, 0.3) is 0 Å². The largest absolute Gasteiger partial charge is 0.394 e. The number of aliphatic hydroxyl groups is 4. The lowest BCUT2D eigenvalue weighted by molar-refractivity contribution is -0.132. The summed E-state index contributed by atoms with van der Waals surface area (Å²) in [6, 6.07) is -0.986. The molecule has 0 aliphatic rings. The van der Waals surface area contributed by atoms with Crippen LogP contribution in [0.15, 0.2) is 24.3 Å². The number of amides is 1. The molecule has 0 aromatic rings. The van der Waals surface area contributed by atoms with Crippen LogP contribution in [0.5, 0.6) is 0 Å². The van der Waals surface area contributed by atoms with E-state index in [1.165, 1.54) is 302 Å². The third kappa shape index (κ3) is 55.5. The summed E-state index contributed by atoms with van der Waals surface area (Å²) in [6.45, 7) is 4.11. The van der Waals surface area contributed by atoms with Crippen molar-refractivity contribution in [1.29, 1.82) is 0 Å². The molecule has 0 radical (unpaired) electrons. The van der Waals surface area contributed by atoms with Crippen molar-refractivity contribution >= 4 is 5.91 Å². The second-order valence-electron chi connectivity index (χ2n) is 23.5. The van der Waals surface area contributed by atoms with Crippen molar-refractivity contribution in [2.75, 3.05) is 6.61 Å². The predicted octanol–water partition coefficient (Wildman–Crippen LogP) is 20.5. The number of unbranched alkanes of at least 4 members (excludes halogenated alkanes) is 50. The average Bonchev–Trinajstić information content (AvgIpc) is 3.41. The third-order valence-corrected chi connectivity index (χ3v) is 16.2. The minimum atomic E-state index is -1.26. The molecule has 6 heteroatoms. The fourth-order valence-corrected chi connectivity index (χ4v) is 10.9. The molecule has 440 valence electrons. The molecule has 4 atom stereocenters. The van der Waals surface area contributed by atoms with Crippen molar-refractivity contribution in [3.63, 3.8) is 0 Å². The lowest BCUT2D eigenvalue weighted by Crippen LogP contribution is -2.53. The standard InChI is InChI=1S/C68H133NO5/c1-3-5-7-9-11-13-15-17-19-21-23-25-27-29-31-33-34-36-38-40-42-44-46-48-50-52-54-56-58-60-62-66(72)68(74)69-64(63-70)67(73)65(71)61-59-57-55-53-51-49-47-45-43-41-39-37-35-32-30-28-26-24-22-20-18-16-14-12-10-8-6-4-2/h23,25,29,31,64-67,70-73H,3-22,24,26-28,30,32-63H2,1-2H3,(H,69,74)/b25-23-,31-29-. The van der Waals surface area contributed by atoms with E-state index in [2.05, 4.69) is 43.5 Å². The van der Waals surface area contributed by atoms with Crippen LogP contribution >= 0.6 is 0 Å². The van der Waals surface area contributed by atoms with Gasteiger partial charge >= 0.3 is 0 Å². The molecular weight excluding hydrogens is 911 g/mol. The van der Waals surface area contributed by atoms with Crippen molar-refractivity contribution < 1.29 is 25.2 Å². The van der Waals surface area contributed by atoms with Gasteiger partial charge in [-0.3, -0.25) is 4.79 Å². The summed E-state index contributed by atoms with van der Waals surface area (Å²) in [5.74, 6) is -0.578. The summed E-state index contributed by atoms with van der Waals surface area (Å²) < 4.78 is 0. The molecule has 5 N–H and O–H groups in total. The van der Waals surface area contributed by atoms with Crippen LogP contribution in [0.3, 0.4) is 0 Å². The second kappa shape index (κ2) is 62.6. The minimum absolute atomic E-state index is 0.371. The molecule has 0 heterocycles.